The summed E-state index contributed by atoms with van der Waals surface area (Å²) in [5.41, 5.74) is 2.38. The Kier molecular flexibility index (Phi) is 5.81. The molecule has 1 aromatic carbocycles. The first kappa shape index (κ1) is 21.6. The zero-order valence-corrected chi connectivity index (χ0v) is 19.5. The Morgan fingerprint density at radius 3 is 2.47 bits per heavy atom. The fraction of sp³-hybridized carbons (Fsp3) is 0.478. The number of hydrogen-bond acceptors (Lipinski definition) is 5. The van der Waals surface area contributed by atoms with Gasteiger partial charge in [-0.3, -0.25) is 9.59 Å². The summed E-state index contributed by atoms with van der Waals surface area (Å²) in [6.45, 7) is 1.83. The predicted molar refractivity (Wildman–Crippen MR) is 122 cm³/mol. The van der Waals surface area contributed by atoms with Crippen LogP contribution < -0.4 is 0 Å². The lowest BCUT2D eigenvalue weighted by Crippen LogP contribution is -2.55. The average Bonchev–Trinajstić information content (AvgIpc) is 3.59. The summed E-state index contributed by atoms with van der Waals surface area (Å²) in [6, 6.07) is 8.64. The van der Waals surface area contributed by atoms with Gasteiger partial charge in [0.2, 0.25) is 15.9 Å². The van der Waals surface area contributed by atoms with Crippen molar-refractivity contribution in [3.05, 3.63) is 51.7 Å². The maximum absolute atomic E-state index is 13.2. The molecule has 1 atom stereocenters. The lowest BCUT2D eigenvalue weighted by Gasteiger charge is -2.36. The van der Waals surface area contributed by atoms with E-state index in [-0.39, 0.29) is 24.9 Å². The van der Waals surface area contributed by atoms with Crippen molar-refractivity contribution in [2.45, 2.75) is 43.0 Å². The van der Waals surface area contributed by atoms with Gasteiger partial charge in [0.1, 0.15) is 6.04 Å². The van der Waals surface area contributed by atoms with Gasteiger partial charge in [0, 0.05) is 32.7 Å². The Bertz CT molecular complexity index is 1120. The molecule has 0 bridgehead atoms. The number of amides is 2. The molecule has 32 heavy (non-hydrogen) atoms. The minimum absolute atomic E-state index is 0.0676. The van der Waals surface area contributed by atoms with E-state index in [2.05, 4.69) is 0 Å². The van der Waals surface area contributed by atoms with Crippen molar-refractivity contribution < 1.29 is 18.0 Å². The smallest absolute Gasteiger partial charge is 0.264 e. The van der Waals surface area contributed by atoms with Crippen LogP contribution in [0, 0.1) is 0 Å². The highest BCUT2D eigenvalue weighted by molar-refractivity contribution is 7.89. The lowest BCUT2D eigenvalue weighted by molar-refractivity contribution is -0.136. The first-order valence-corrected chi connectivity index (χ1v) is 13.5. The highest BCUT2D eigenvalue weighted by Crippen LogP contribution is 2.28. The molecule has 2 saturated heterocycles. The molecule has 1 aromatic heterocycles. The largest absolute Gasteiger partial charge is 0.338 e. The second-order valence-electron chi connectivity index (χ2n) is 8.65. The van der Waals surface area contributed by atoms with Crippen LogP contribution in [0.2, 0.25) is 0 Å². The van der Waals surface area contributed by atoms with Crippen molar-refractivity contribution in [1.82, 2.24) is 14.1 Å². The number of nitrogens with zero attached hydrogens (tertiary/aromatic N) is 3. The number of fused-ring (bicyclic) bond motifs is 1. The molecule has 3 heterocycles. The Labute approximate surface area is 192 Å². The number of piperazine rings is 1. The van der Waals surface area contributed by atoms with Gasteiger partial charge in [0.15, 0.2) is 0 Å². The van der Waals surface area contributed by atoms with E-state index in [1.165, 1.54) is 21.2 Å². The molecule has 0 spiro atoms. The minimum Gasteiger partial charge on any atom is -0.338 e. The van der Waals surface area contributed by atoms with Crippen LogP contribution in [0.1, 0.15) is 40.1 Å². The van der Waals surface area contributed by atoms with Crippen LogP contribution in [0.5, 0.6) is 0 Å². The highest BCUT2D eigenvalue weighted by atomic mass is 32.2. The van der Waals surface area contributed by atoms with E-state index in [4.69, 9.17) is 0 Å². The van der Waals surface area contributed by atoms with Crippen molar-refractivity contribution in [3.8, 4) is 0 Å². The van der Waals surface area contributed by atoms with Crippen LogP contribution in [0.4, 0.5) is 0 Å². The second-order valence-corrected chi connectivity index (χ2v) is 11.5. The molecule has 0 N–H and O–H groups in total. The highest BCUT2D eigenvalue weighted by Gasteiger charge is 2.39. The summed E-state index contributed by atoms with van der Waals surface area (Å²) >= 11 is 1.39. The molecule has 2 fully saturated rings. The lowest BCUT2D eigenvalue weighted by atomic mass is 10.1. The van der Waals surface area contributed by atoms with Gasteiger partial charge in [-0.25, -0.2) is 8.42 Å². The molecule has 2 aromatic rings. The summed E-state index contributed by atoms with van der Waals surface area (Å²) in [4.78, 5) is 30.4. The van der Waals surface area contributed by atoms with E-state index in [0.29, 0.717) is 35.8 Å². The summed E-state index contributed by atoms with van der Waals surface area (Å²) in [5.74, 6) is -0.157. The Balaban J connectivity index is 1.24. The van der Waals surface area contributed by atoms with Crippen LogP contribution in [0.3, 0.4) is 0 Å². The van der Waals surface area contributed by atoms with Gasteiger partial charge in [0.05, 0.1) is 9.77 Å². The fourth-order valence-corrected chi connectivity index (χ4v) is 7.18. The minimum atomic E-state index is -3.57. The number of sulfonamides is 1. The van der Waals surface area contributed by atoms with Crippen LogP contribution in [0.15, 0.2) is 40.6 Å². The van der Waals surface area contributed by atoms with Gasteiger partial charge in [-0.2, -0.15) is 4.31 Å². The van der Waals surface area contributed by atoms with Crippen molar-refractivity contribution >= 4 is 33.2 Å². The van der Waals surface area contributed by atoms with Crippen molar-refractivity contribution in [3.63, 3.8) is 0 Å². The van der Waals surface area contributed by atoms with Crippen molar-refractivity contribution in [2.75, 3.05) is 32.7 Å². The standard InChI is InChI=1S/C23H27N3O4S2/c27-22(20-6-2-10-26(20)23(28)21-7-3-15-31-21)24-11-13-25(14-12-24)32(29,30)19-9-8-17-4-1-5-18(17)16-19/h3,7-9,15-16,20H,1-2,4-6,10-14H2/t20-/m0/s1. The molecule has 9 heteroatoms. The van der Waals surface area contributed by atoms with Gasteiger partial charge in [-0.05, 0) is 66.8 Å². The number of carbonyl (C=O) groups is 2. The number of rotatable bonds is 4. The van der Waals surface area contributed by atoms with Gasteiger partial charge in [-0.1, -0.05) is 12.1 Å². The van der Waals surface area contributed by atoms with Gasteiger partial charge in [-0.15, -0.1) is 11.3 Å². The van der Waals surface area contributed by atoms with E-state index in [9.17, 15) is 18.0 Å². The van der Waals surface area contributed by atoms with Crippen LogP contribution in [-0.2, 0) is 27.7 Å². The quantitative estimate of drug-likeness (QED) is 0.683. The molecular formula is C23H27N3O4S2. The number of aryl methyl sites for hydroxylation is 2. The van der Waals surface area contributed by atoms with Gasteiger partial charge < -0.3 is 9.80 Å². The fourth-order valence-electron chi connectivity index (χ4n) is 5.03. The molecule has 2 aliphatic heterocycles. The Morgan fingerprint density at radius 2 is 1.72 bits per heavy atom. The molecule has 170 valence electrons. The molecular weight excluding hydrogens is 446 g/mol. The summed E-state index contributed by atoms with van der Waals surface area (Å²) in [5, 5.41) is 1.86. The third kappa shape index (κ3) is 3.86. The summed E-state index contributed by atoms with van der Waals surface area (Å²) in [7, 11) is -3.57. The molecule has 0 saturated carbocycles. The number of carbonyl (C=O) groups excluding carboxylic acids is 2. The van der Waals surface area contributed by atoms with Gasteiger partial charge in [0.25, 0.3) is 5.91 Å². The zero-order valence-electron chi connectivity index (χ0n) is 17.9. The summed E-state index contributed by atoms with van der Waals surface area (Å²) < 4.78 is 27.8. The Hall–Kier alpha value is -2.23. The average molecular weight is 474 g/mol. The van der Waals surface area contributed by atoms with E-state index in [1.54, 1.807) is 21.9 Å². The third-order valence-corrected chi connectivity index (χ3v) is 9.54. The molecule has 7 nitrogen and oxygen atoms in total. The number of benzene rings is 1. The maximum atomic E-state index is 13.2. The van der Waals surface area contributed by atoms with E-state index >= 15 is 0 Å². The zero-order chi connectivity index (χ0) is 22.3. The SMILES string of the molecule is O=C([C@@H]1CCCN1C(=O)c1cccs1)N1CCN(S(=O)(=O)c2ccc3c(c2)CCC3)CC1. The predicted octanol–water partition coefficient (Wildman–Crippen LogP) is 2.37. The molecule has 3 aliphatic rings. The Morgan fingerprint density at radius 1 is 0.938 bits per heavy atom. The van der Waals surface area contributed by atoms with Crippen LogP contribution in [0.25, 0.3) is 0 Å². The normalized spacial score (nSPS) is 21.7. The van der Waals surface area contributed by atoms with Crippen LogP contribution >= 0.6 is 11.3 Å². The topological polar surface area (TPSA) is 78.0 Å². The number of thiophene rings is 1. The van der Waals surface area contributed by atoms with E-state index < -0.39 is 16.1 Å². The van der Waals surface area contributed by atoms with Crippen molar-refractivity contribution in [1.29, 1.82) is 0 Å². The molecule has 0 unspecified atom stereocenters. The number of likely N-dealkylation sites (tertiary alicyclic amines) is 1. The van der Waals surface area contributed by atoms with Crippen molar-refractivity contribution in [2.24, 2.45) is 0 Å². The molecule has 2 amide bonds. The van der Waals surface area contributed by atoms with Gasteiger partial charge >= 0.3 is 0 Å². The maximum Gasteiger partial charge on any atom is 0.264 e. The molecule has 0 radical (unpaired) electrons. The first-order chi connectivity index (χ1) is 15.4. The third-order valence-electron chi connectivity index (χ3n) is 6.79. The molecule has 1 aliphatic carbocycles. The second kappa shape index (κ2) is 8.61. The van der Waals surface area contributed by atoms with E-state index in [1.807, 2.05) is 23.6 Å². The van der Waals surface area contributed by atoms with Crippen LogP contribution in [-0.4, -0.2) is 73.1 Å². The van der Waals surface area contributed by atoms with E-state index in [0.717, 1.165) is 31.2 Å². The summed E-state index contributed by atoms with van der Waals surface area (Å²) in [6.07, 6.45) is 4.49. The molecule has 5 rings (SSSR count). The monoisotopic (exact) mass is 473 g/mol. The number of hydrogen-bond donors (Lipinski definition) is 0. The first-order valence-electron chi connectivity index (χ1n) is 11.2.